The third kappa shape index (κ3) is 6.99. The number of anilines is 1. The Morgan fingerprint density at radius 2 is 1.89 bits per heavy atom. The molecule has 194 valence electrons. The molecule has 0 aromatic carbocycles. The number of hydrogen-bond acceptors (Lipinski definition) is 8. The average molecular weight is 497 g/mol. The Balaban J connectivity index is 0.000000154. The Hall–Kier alpha value is -3.56. The van der Waals surface area contributed by atoms with Crippen molar-refractivity contribution in [1.29, 1.82) is 0 Å². The highest BCUT2D eigenvalue weighted by Crippen LogP contribution is 2.29. The quantitative estimate of drug-likeness (QED) is 0.579. The number of methoxy groups -OCH3 is 1. The van der Waals surface area contributed by atoms with Gasteiger partial charge in [-0.3, -0.25) is 9.59 Å². The molecular weight excluding hydrogens is 460 g/mol. The number of fused-ring (bicyclic) bond motifs is 2. The minimum atomic E-state index is -0.177. The summed E-state index contributed by atoms with van der Waals surface area (Å²) in [5, 5.41) is 2.62. The van der Waals surface area contributed by atoms with Crippen LogP contribution in [0.5, 0.6) is 11.5 Å². The molecule has 4 heterocycles. The highest BCUT2D eigenvalue weighted by atomic mass is 16.5. The summed E-state index contributed by atoms with van der Waals surface area (Å²) >= 11 is 0. The Labute approximate surface area is 211 Å². The van der Waals surface area contributed by atoms with Crippen molar-refractivity contribution in [2.24, 2.45) is 18.9 Å². The zero-order valence-corrected chi connectivity index (χ0v) is 21.8. The topological polar surface area (TPSA) is 121 Å². The summed E-state index contributed by atoms with van der Waals surface area (Å²) in [6.07, 6.45) is 12.6. The molecule has 3 aromatic heterocycles. The second-order valence-corrected chi connectivity index (χ2v) is 9.17. The van der Waals surface area contributed by atoms with E-state index in [-0.39, 0.29) is 18.1 Å². The maximum absolute atomic E-state index is 11.3. The summed E-state index contributed by atoms with van der Waals surface area (Å²) in [4.78, 5) is 38.4. The number of rotatable bonds is 3. The van der Waals surface area contributed by atoms with Gasteiger partial charge in [0, 0.05) is 25.7 Å². The van der Waals surface area contributed by atoms with Crippen molar-refractivity contribution in [2.75, 3.05) is 19.0 Å². The number of pyridine rings is 1. The lowest BCUT2D eigenvalue weighted by Gasteiger charge is -2.24. The fraction of sp³-hybridized carbons (Fsp3) is 0.538. The predicted octanol–water partition coefficient (Wildman–Crippen LogP) is 3.93. The van der Waals surface area contributed by atoms with Gasteiger partial charge in [-0.15, -0.1) is 0 Å². The molecule has 36 heavy (non-hydrogen) atoms. The summed E-state index contributed by atoms with van der Waals surface area (Å²) in [5.74, 6) is 4.13. The highest BCUT2D eigenvalue weighted by Gasteiger charge is 2.17. The summed E-state index contributed by atoms with van der Waals surface area (Å²) in [6.45, 7) is 6.71. The van der Waals surface area contributed by atoms with Crippen LogP contribution in [0.25, 0.3) is 11.2 Å². The molecule has 0 unspecified atom stereocenters. The summed E-state index contributed by atoms with van der Waals surface area (Å²) in [6, 6.07) is 1.70. The number of nitrogens with zero attached hydrogens (tertiary/aromatic N) is 5. The van der Waals surface area contributed by atoms with Crippen LogP contribution < -0.4 is 20.3 Å². The van der Waals surface area contributed by atoms with Crippen LogP contribution >= 0.6 is 0 Å². The van der Waals surface area contributed by atoms with Crippen LogP contribution in [0.4, 0.5) is 5.82 Å². The standard InChI is InChI=1S/C9H9N3O2.C9H18.C8H9N3O2/c1-12-7(13)5-11-9-8(12)6(14-2)3-4-10-9;1-8(2)9-6-4-3-5-7-9;1-2-6-9-3-5-8(10-6)11-7(12)4-13-5/h3-5H,1-2H3;8-9H,3-7H2,1-2H3;3H,2,4H2,1H3,(H,9,10,11,12). The van der Waals surface area contributed by atoms with E-state index in [2.05, 4.69) is 39.1 Å². The molecule has 3 aromatic rings. The van der Waals surface area contributed by atoms with Gasteiger partial charge in [0.25, 0.3) is 11.5 Å². The van der Waals surface area contributed by atoms with Gasteiger partial charge >= 0.3 is 0 Å². The normalized spacial score (nSPS) is 15.0. The first kappa shape index (κ1) is 27.0. The number of ether oxygens (including phenoxy) is 2. The third-order valence-electron chi connectivity index (χ3n) is 6.38. The highest BCUT2D eigenvalue weighted by molar-refractivity contribution is 5.94. The molecule has 10 heteroatoms. The van der Waals surface area contributed by atoms with Crippen molar-refractivity contribution in [2.45, 2.75) is 59.3 Å². The fourth-order valence-corrected chi connectivity index (χ4v) is 4.20. The molecule has 10 nitrogen and oxygen atoms in total. The Morgan fingerprint density at radius 1 is 1.14 bits per heavy atom. The summed E-state index contributed by atoms with van der Waals surface area (Å²) in [5.41, 5.74) is 0.942. The molecular formula is C26H36N6O4. The van der Waals surface area contributed by atoms with E-state index >= 15 is 0 Å². The monoisotopic (exact) mass is 496 g/mol. The molecule has 0 saturated heterocycles. The van der Waals surface area contributed by atoms with E-state index in [1.165, 1.54) is 42.9 Å². The SMILES string of the molecule is CC(C)C1CCCCC1.CCc1ncc2c(n1)NC(=O)CO2.COc1ccnc2ncc(=O)n(C)c12. The van der Waals surface area contributed by atoms with Gasteiger partial charge in [0.15, 0.2) is 23.8 Å². The van der Waals surface area contributed by atoms with E-state index in [0.29, 0.717) is 34.3 Å². The number of amides is 1. The van der Waals surface area contributed by atoms with Crippen LogP contribution in [-0.2, 0) is 18.3 Å². The van der Waals surface area contributed by atoms with Crippen molar-refractivity contribution in [3.8, 4) is 11.5 Å². The van der Waals surface area contributed by atoms with Crippen LogP contribution in [-0.4, -0.2) is 44.1 Å². The van der Waals surface area contributed by atoms with Crippen molar-refractivity contribution >= 4 is 22.9 Å². The molecule has 1 amide bonds. The van der Waals surface area contributed by atoms with Crippen LogP contribution in [0.3, 0.4) is 0 Å². The number of aryl methyl sites for hydroxylation is 2. The van der Waals surface area contributed by atoms with E-state index in [0.717, 1.165) is 18.3 Å². The van der Waals surface area contributed by atoms with Gasteiger partial charge in [0.1, 0.15) is 17.1 Å². The molecule has 1 fully saturated rings. The lowest BCUT2D eigenvalue weighted by atomic mass is 9.82. The second kappa shape index (κ2) is 12.9. The molecule has 1 aliphatic carbocycles. The molecule has 2 aliphatic rings. The van der Waals surface area contributed by atoms with E-state index in [4.69, 9.17) is 9.47 Å². The molecule has 1 saturated carbocycles. The lowest BCUT2D eigenvalue weighted by Crippen LogP contribution is -2.26. The molecule has 1 aliphatic heterocycles. The number of aromatic nitrogens is 5. The first-order valence-electron chi connectivity index (χ1n) is 12.5. The summed E-state index contributed by atoms with van der Waals surface area (Å²) in [7, 11) is 3.21. The van der Waals surface area contributed by atoms with Crippen molar-refractivity contribution in [3.05, 3.63) is 40.8 Å². The van der Waals surface area contributed by atoms with Crippen LogP contribution in [0.2, 0.25) is 0 Å². The van der Waals surface area contributed by atoms with Gasteiger partial charge in [-0.05, 0) is 11.8 Å². The van der Waals surface area contributed by atoms with E-state index < -0.39 is 0 Å². The Kier molecular flexibility index (Phi) is 9.72. The zero-order chi connectivity index (χ0) is 26.1. The fourth-order valence-electron chi connectivity index (χ4n) is 4.20. The Bertz CT molecular complexity index is 1220. The molecule has 5 rings (SSSR count). The minimum absolute atomic E-state index is 0.0435. The molecule has 0 spiro atoms. The van der Waals surface area contributed by atoms with E-state index in [1.807, 2.05) is 6.92 Å². The molecule has 0 atom stereocenters. The largest absolute Gasteiger partial charge is 0.494 e. The number of carbonyl (C=O) groups is 1. The average Bonchev–Trinajstić information content (AvgIpc) is 2.91. The van der Waals surface area contributed by atoms with Crippen molar-refractivity contribution < 1.29 is 14.3 Å². The maximum atomic E-state index is 11.3. The maximum Gasteiger partial charge on any atom is 0.269 e. The van der Waals surface area contributed by atoms with Gasteiger partial charge in [-0.2, -0.15) is 0 Å². The van der Waals surface area contributed by atoms with Gasteiger partial charge < -0.3 is 19.4 Å². The van der Waals surface area contributed by atoms with E-state index in [1.54, 1.807) is 32.6 Å². The van der Waals surface area contributed by atoms with Crippen LogP contribution in [0, 0.1) is 11.8 Å². The number of carbonyl (C=O) groups excluding carboxylic acids is 1. The minimum Gasteiger partial charge on any atom is -0.494 e. The van der Waals surface area contributed by atoms with Gasteiger partial charge in [0.05, 0.1) is 19.5 Å². The smallest absolute Gasteiger partial charge is 0.269 e. The van der Waals surface area contributed by atoms with Gasteiger partial charge in [0.2, 0.25) is 0 Å². The third-order valence-corrected chi connectivity index (χ3v) is 6.38. The van der Waals surface area contributed by atoms with Crippen LogP contribution in [0.15, 0.2) is 29.5 Å². The molecule has 0 radical (unpaired) electrons. The Morgan fingerprint density at radius 3 is 2.53 bits per heavy atom. The van der Waals surface area contributed by atoms with Crippen molar-refractivity contribution in [3.63, 3.8) is 0 Å². The molecule has 0 bridgehead atoms. The van der Waals surface area contributed by atoms with Gasteiger partial charge in [-0.25, -0.2) is 19.9 Å². The lowest BCUT2D eigenvalue weighted by molar-refractivity contribution is -0.118. The van der Waals surface area contributed by atoms with E-state index in [9.17, 15) is 9.59 Å². The first-order chi connectivity index (χ1) is 17.3. The first-order valence-corrected chi connectivity index (χ1v) is 12.5. The van der Waals surface area contributed by atoms with Crippen LogP contribution in [0.1, 0.15) is 58.7 Å². The number of hydrogen-bond donors (Lipinski definition) is 1. The zero-order valence-electron chi connectivity index (χ0n) is 21.8. The van der Waals surface area contributed by atoms with Gasteiger partial charge in [-0.1, -0.05) is 52.9 Å². The van der Waals surface area contributed by atoms with Crippen molar-refractivity contribution in [1.82, 2.24) is 24.5 Å². The summed E-state index contributed by atoms with van der Waals surface area (Å²) < 4.78 is 11.7. The molecule has 1 N–H and O–H groups in total. The predicted molar refractivity (Wildman–Crippen MR) is 138 cm³/mol. The number of nitrogens with one attached hydrogen (secondary N) is 1. The second-order valence-electron chi connectivity index (χ2n) is 9.17.